The van der Waals surface area contributed by atoms with Gasteiger partial charge in [0, 0.05) is 5.38 Å². The van der Waals surface area contributed by atoms with Crippen LogP contribution in [-0.2, 0) is 0 Å². The van der Waals surface area contributed by atoms with Gasteiger partial charge in [0.05, 0.1) is 11.7 Å². The second kappa shape index (κ2) is 3.38. The van der Waals surface area contributed by atoms with Gasteiger partial charge in [-0.25, -0.2) is 4.99 Å². The van der Waals surface area contributed by atoms with Crippen LogP contribution in [0.5, 0.6) is 0 Å². The smallest absolute Gasteiger partial charge is 0.193 e. The first-order valence-corrected chi connectivity index (χ1v) is 5.33. The summed E-state index contributed by atoms with van der Waals surface area (Å²) < 4.78 is 0. The number of guanidine groups is 1. The summed E-state index contributed by atoms with van der Waals surface area (Å²) in [4.78, 5) is 4.29. The Morgan fingerprint density at radius 2 is 2.38 bits per heavy atom. The number of hydrogen-bond donors (Lipinski definition) is 2. The van der Waals surface area contributed by atoms with E-state index < -0.39 is 0 Å². The van der Waals surface area contributed by atoms with Gasteiger partial charge in [-0.05, 0) is 30.7 Å². The molecule has 1 aromatic heterocycles. The van der Waals surface area contributed by atoms with E-state index in [1.165, 1.54) is 18.4 Å². The molecule has 0 saturated heterocycles. The molecule has 1 fully saturated rings. The van der Waals surface area contributed by atoms with Gasteiger partial charge < -0.3 is 11.1 Å². The molecule has 0 atom stereocenters. The quantitative estimate of drug-likeness (QED) is 0.559. The molecule has 3 nitrogen and oxygen atoms in total. The first kappa shape index (κ1) is 8.56. The maximum absolute atomic E-state index is 5.72. The van der Waals surface area contributed by atoms with Gasteiger partial charge in [-0.2, -0.15) is 0 Å². The maximum atomic E-state index is 5.72. The average Bonchev–Trinajstić information content (AvgIpc) is 2.79. The number of aliphatic imine (C=N–C) groups is 1. The molecular weight excluding hydrogens is 182 g/mol. The van der Waals surface area contributed by atoms with E-state index in [1.54, 1.807) is 11.3 Å². The summed E-state index contributed by atoms with van der Waals surface area (Å²) in [7, 11) is 0. The van der Waals surface area contributed by atoms with Crippen molar-refractivity contribution in [2.24, 2.45) is 10.7 Å². The number of thiophene rings is 1. The molecule has 0 amide bonds. The standard InChI is InChI=1S/C9H13N3S/c1-6-4-13-5-8(6)12-9(10)11-7-2-3-7/h4-5,7H,2-3H2,1H3,(H3,10,11,12). The Morgan fingerprint density at radius 3 is 2.92 bits per heavy atom. The number of hydrogen-bond acceptors (Lipinski definition) is 2. The van der Waals surface area contributed by atoms with Crippen LogP contribution in [0.15, 0.2) is 15.8 Å². The highest BCUT2D eigenvalue weighted by Crippen LogP contribution is 2.24. The number of anilines is 1. The van der Waals surface area contributed by atoms with Crippen molar-refractivity contribution >= 4 is 23.0 Å². The Balaban J connectivity index is 2.00. The third-order valence-corrected chi connectivity index (χ3v) is 2.85. The van der Waals surface area contributed by atoms with E-state index >= 15 is 0 Å². The van der Waals surface area contributed by atoms with Crippen LogP contribution in [-0.4, -0.2) is 12.0 Å². The Hall–Kier alpha value is -1.03. The minimum Gasteiger partial charge on any atom is -0.370 e. The van der Waals surface area contributed by atoms with Gasteiger partial charge in [-0.3, -0.25) is 0 Å². The summed E-state index contributed by atoms with van der Waals surface area (Å²) in [5.74, 6) is 0.545. The van der Waals surface area contributed by atoms with Crippen molar-refractivity contribution in [2.45, 2.75) is 25.8 Å². The van der Waals surface area contributed by atoms with Gasteiger partial charge in [-0.1, -0.05) is 0 Å². The van der Waals surface area contributed by atoms with E-state index in [1.807, 2.05) is 5.38 Å². The molecule has 0 spiro atoms. The molecule has 1 saturated carbocycles. The number of aryl methyl sites for hydroxylation is 1. The Labute approximate surface area is 81.7 Å². The Kier molecular flexibility index (Phi) is 2.22. The first-order valence-electron chi connectivity index (χ1n) is 4.39. The van der Waals surface area contributed by atoms with Crippen LogP contribution in [0.4, 0.5) is 5.69 Å². The fraction of sp³-hybridized carbons (Fsp3) is 0.444. The third-order valence-electron chi connectivity index (χ3n) is 1.99. The molecule has 2 rings (SSSR count). The van der Waals surface area contributed by atoms with E-state index in [-0.39, 0.29) is 0 Å². The van der Waals surface area contributed by atoms with E-state index in [2.05, 4.69) is 22.6 Å². The maximum Gasteiger partial charge on any atom is 0.193 e. The Morgan fingerprint density at radius 1 is 1.62 bits per heavy atom. The highest BCUT2D eigenvalue weighted by Gasteiger charge is 2.20. The zero-order chi connectivity index (χ0) is 9.26. The molecule has 1 aromatic rings. The molecule has 70 valence electrons. The molecule has 0 unspecified atom stereocenters. The largest absolute Gasteiger partial charge is 0.370 e. The third kappa shape index (κ3) is 2.21. The molecule has 1 aliphatic carbocycles. The lowest BCUT2D eigenvalue weighted by Gasteiger charge is -2.03. The zero-order valence-electron chi connectivity index (χ0n) is 7.58. The summed E-state index contributed by atoms with van der Waals surface area (Å²) in [5, 5.41) is 7.24. The van der Waals surface area contributed by atoms with E-state index in [0.717, 1.165) is 5.69 Å². The van der Waals surface area contributed by atoms with Gasteiger partial charge >= 0.3 is 0 Å². The Bertz CT molecular complexity index is 325. The highest BCUT2D eigenvalue weighted by atomic mass is 32.1. The van der Waals surface area contributed by atoms with Crippen LogP contribution in [0, 0.1) is 6.92 Å². The van der Waals surface area contributed by atoms with Crippen molar-refractivity contribution in [1.82, 2.24) is 0 Å². The summed E-state index contributed by atoms with van der Waals surface area (Å²) in [6, 6.07) is 0.478. The topological polar surface area (TPSA) is 50.4 Å². The predicted molar refractivity (Wildman–Crippen MR) is 57.3 cm³/mol. The first-order chi connectivity index (χ1) is 6.25. The normalized spacial score (nSPS) is 17.5. The van der Waals surface area contributed by atoms with Crippen LogP contribution >= 0.6 is 11.3 Å². The molecule has 13 heavy (non-hydrogen) atoms. The molecule has 1 heterocycles. The van der Waals surface area contributed by atoms with E-state index in [9.17, 15) is 0 Å². The van der Waals surface area contributed by atoms with Gasteiger partial charge in [0.25, 0.3) is 0 Å². The van der Waals surface area contributed by atoms with Crippen LogP contribution < -0.4 is 11.1 Å². The SMILES string of the molecule is Cc1cscc1NC(N)=NC1CC1. The monoisotopic (exact) mass is 195 g/mol. The highest BCUT2D eigenvalue weighted by molar-refractivity contribution is 7.08. The van der Waals surface area contributed by atoms with Crippen LogP contribution in [0.1, 0.15) is 18.4 Å². The number of nitrogens with two attached hydrogens (primary N) is 1. The summed E-state index contributed by atoms with van der Waals surface area (Å²) in [6.07, 6.45) is 2.37. The van der Waals surface area contributed by atoms with Crippen molar-refractivity contribution < 1.29 is 0 Å². The van der Waals surface area contributed by atoms with Gasteiger partial charge in [0.2, 0.25) is 0 Å². The van der Waals surface area contributed by atoms with Gasteiger partial charge in [0.1, 0.15) is 0 Å². The lowest BCUT2D eigenvalue weighted by Crippen LogP contribution is -2.23. The second-order valence-electron chi connectivity index (χ2n) is 3.34. The average molecular weight is 195 g/mol. The number of nitrogens with one attached hydrogen (secondary N) is 1. The van der Waals surface area contributed by atoms with Gasteiger partial charge in [-0.15, -0.1) is 11.3 Å². The number of nitrogens with zero attached hydrogens (tertiary/aromatic N) is 1. The summed E-state index contributed by atoms with van der Waals surface area (Å²) >= 11 is 1.67. The van der Waals surface area contributed by atoms with Crippen molar-refractivity contribution in [2.75, 3.05) is 5.32 Å². The second-order valence-corrected chi connectivity index (χ2v) is 4.08. The molecular formula is C9H13N3S. The van der Waals surface area contributed by atoms with Gasteiger partial charge in [0.15, 0.2) is 5.96 Å². The summed E-state index contributed by atoms with van der Waals surface area (Å²) in [6.45, 7) is 2.06. The fourth-order valence-corrected chi connectivity index (χ4v) is 1.84. The van der Waals surface area contributed by atoms with Crippen molar-refractivity contribution in [3.63, 3.8) is 0 Å². The lowest BCUT2D eigenvalue weighted by molar-refractivity contribution is 1.06. The van der Waals surface area contributed by atoms with E-state index in [0.29, 0.717) is 12.0 Å². The predicted octanol–water partition coefficient (Wildman–Crippen LogP) is 1.95. The molecule has 0 radical (unpaired) electrons. The van der Waals surface area contributed by atoms with Crippen LogP contribution in [0.25, 0.3) is 0 Å². The minimum atomic E-state index is 0.478. The van der Waals surface area contributed by atoms with Crippen molar-refractivity contribution in [3.05, 3.63) is 16.3 Å². The zero-order valence-corrected chi connectivity index (χ0v) is 8.40. The van der Waals surface area contributed by atoms with Crippen molar-refractivity contribution in [1.29, 1.82) is 0 Å². The molecule has 1 aliphatic rings. The number of rotatable bonds is 2. The minimum absolute atomic E-state index is 0.478. The van der Waals surface area contributed by atoms with E-state index in [4.69, 9.17) is 5.73 Å². The fourth-order valence-electron chi connectivity index (χ4n) is 1.06. The summed E-state index contributed by atoms with van der Waals surface area (Å²) in [5.41, 5.74) is 8.02. The molecule has 0 aliphatic heterocycles. The molecule has 0 bridgehead atoms. The van der Waals surface area contributed by atoms with Crippen molar-refractivity contribution in [3.8, 4) is 0 Å². The van der Waals surface area contributed by atoms with Crippen LogP contribution in [0.2, 0.25) is 0 Å². The van der Waals surface area contributed by atoms with Crippen LogP contribution in [0.3, 0.4) is 0 Å². The molecule has 3 N–H and O–H groups in total. The lowest BCUT2D eigenvalue weighted by atomic mass is 10.3. The molecule has 4 heteroatoms. The molecule has 0 aromatic carbocycles.